The van der Waals surface area contributed by atoms with E-state index in [4.69, 9.17) is 4.74 Å². The molecular formula is C12H19NOSn. The standard InChI is InChI=1S/C8H10NO.C4H9.Sn/c1-2-7-10-8-5-3-4-6-9-8;1-4(2)3;/h3,5-6H,2,7H2,1H3;1-3H3;. The van der Waals surface area contributed by atoms with E-state index in [1.807, 2.05) is 12.3 Å². The third kappa shape index (κ3) is 5.40. The molecule has 3 heteroatoms. The first-order valence-corrected chi connectivity index (χ1v) is 8.24. The van der Waals surface area contributed by atoms with Crippen molar-refractivity contribution in [3.05, 3.63) is 18.3 Å². The van der Waals surface area contributed by atoms with E-state index in [9.17, 15) is 0 Å². The van der Waals surface area contributed by atoms with Gasteiger partial charge in [-0.05, 0) is 0 Å². The van der Waals surface area contributed by atoms with Gasteiger partial charge in [-0.25, -0.2) is 0 Å². The maximum absolute atomic E-state index is 5.45. The zero-order chi connectivity index (χ0) is 11.3. The van der Waals surface area contributed by atoms with Gasteiger partial charge in [0, 0.05) is 0 Å². The topological polar surface area (TPSA) is 22.1 Å². The normalized spacial score (nSPS) is 11.5. The van der Waals surface area contributed by atoms with Crippen molar-refractivity contribution in [2.24, 2.45) is 0 Å². The molecule has 0 aliphatic heterocycles. The Hall–Kier alpha value is -0.251. The molecule has 0 saturated heterocycles. The average Bonchev–Trinajstić information content (AvgIpc) is 2.14. The number of rotatable bonds is 4. The number of hydrogen-bond acceptors (Lipinski definition) is 2. The molecule has 0 saturated carbocycles. The summed E-state index contributed by atoms with van der Waals surface area (Å²) in [5.41, 5.74) is 0. The molecular weight excluding hydrogens is 293 g/mol. The van der Waals surface area contributed by atoms with Gasteiger partial charge in [-0.3, -0.25) is 0 Å². The quantitative estimate of drug-likeness (QED) is 0.797. The molecule has 0 N–H and O–H groups in total. The molecule has 0 fully saturated rings. The van der Waals surface area contributed by atoms with Crippen LogP contribution in [-0.2, 0) is 0 Å². The molecule has 2 radical (unpaired) electrons. The van der Waals surface area contributed by atoms with E-state index in [0.717, 1.165) is 18.9 Å². The van der Waals surface area contributed by atoms with E-state index in [1.165, 1.54) is 3.58 Å². The predicted molar refractivity (Wildman–Crippen MR) is 65.1 cm³/mol. The summed E-state index contributed by atoms with van der Waals surface area (Å²) in [5, 5.41) is 0. The van der Waals surface area contributed by atoms with Crippen LogP contribution < -0.4 is 8.32 Å². The van der Waals surface area contributed by atoms with Crippen molar-refractivity contribution < 1.29 is 4.74 Å². The van der Waals surface area contributed by atoms with Gasteiger partial charge >= 0.3 is 103 Å². The van der Waals surface area contributed by atoms with Crippen molar-refractivity contribution in [1.29, 1.82) is 0 Å². The summed E-state index contributed by atoms with van der Waals surface area (Å²) in [5.74, 6) is 0.758. The first-order chi connectivity index (χ1) is 7.01. The van der Waals surface area contributed by atoms with Gasteiger partial charge in [-0.2, -0.15) is 0 Å². The molecule has 0 bridgehead atoms. The van der Waals surface area contributed by atoms with Gasteiger partial charge in [0.2, 0.25) is 0 Å². The van der Waals surface area contributed by atoms with Crippen LogP contribution in [0.4, 0.5) is 0 Å². The third-order valence-corrected chi connectivity index (χ3v) is 5.52. The predicted octanol–water partition coefficient (Wildman–Crippen LogP) is 2.42. The monoisotopic (exact) mass is 313 g/mol. The van der Waals surface area contributed by atoms with Gasteiger partial charge < -0.3 is 0 Å². The van der Waals surface area contributed by atoms with Gasteiger partial charge in [0.05, 0.1) is 0 Å². The van der Waals surface area contributed by atoms with Gasteiger partial charge in [0.25, 0.3) is 0 Å². The van der Waals surface area contributed by atoms with Crippen molar-refractivity contribution in [3.63, 3.8) is 0 Å². The van der Waals surface area contributed by atoms with E-state index in [2.05, 4.69) is 38.7 Å². The molecule has 0 aliphatic carbocycles. The number of hydrogen-bond donors (Lipinski definition) is 0. The molecule has 82 valence electrons. The van der Waals surface area contributed by atoms with Gasteiger partial charge in [-0.15, -0.1) is 0 Å². The molecule has 1 aromatic heterocycles. The minimum atomic E-state index is -0.512. The Bertz CT molecular complexity index is 289. The third-order valence-electron chi connectivity index (χ3n) is 1.71. The van der Waals surface area contributed by atoms with E-state index in [-0.39, 0.29) is 0 Å². The molecule has 1 heterocycles. The fourth-order valence-corrected chi connectivity index (χ4v) is 4.50. The Labute approximate surface area is 103 Å². The number of nitrogens with zero attached hydrogens (tertiary/aromatic N) is 1. The van der Waals surface area contributed by atoms with Crippen LogP contribution in [0.5, 0.6) is 5.88 Å². The fraction of sp³-hybridized carbons (Fsp3) is 0.583. The zero-order valence-electron chi connectivity index (χ0n) is 10.0. The van der Waals surface area contributed by atoms with Crippen LogP contribution in [0.3, 0.4) is 0 Å². The first-order valence-electron chi connectivity index (χ1n) is 5.38. The zero-order valence-corrected chi connectivity index (χ0v) is 12.9. The molecule has 0 unspecified atom stereocenters. The van der Waals surface area contributed by atoms with E-state index in [0.29, 0.717) is 3.43 Å². The molecule has 15 heavy (non-hydrogen) atoms. The molecule has 0 aliphatic rings. The second-order valence-electron chi connectivity index (χ2n) is 4.61. The molecule has 0 amide bonds. The first kappa shape index (κ1) is 12.8. The summed E-state index contributed by atoms with van der Waals surface area (Å²) >= 11 is -0.512. The van der Waals surface area contributed by atoms with Crippen molar-refractivity contribution in [3.8, 4) is 5.88 Å². The van der Waals surface area contributed by atoms with Crippen molar-refractivity contribution in [2.75, 3.05) is 6.61 Å². The van der Waals surface area contributed by atoms with Crippen LogP contribution in [-0.4, -0.2) is 32.7 Å². The van der Waals surface area contributed by atoms with E-state index >= 15 is 0 Å². The Morgan fingerprint density at radius 3 is 2.53 bits per heavy atom. The minimum absolute atomic E-state index is 0.483. The van der Waals surface area contributed by atoms with Crippen LogP contribution in [0.1, 0.15) is 34.1 Å². The molecule has 1 aromatic rings. The molecule has 2 nitrogen and oxygen atoms in total. The summed E-state index contributed by atoms with van der Waals surface area (Å²) in [6, 6.07) is 4.17. The van der Waals surface area contributed by atoms with Crippen molar-refractivity contribution >= 4 is 24.7 Å². The van der Waals surface area contributed by atoms with Crippen LogP contribution in [0.15, 0.2) is 18.3 Å². The number of pyridine rings is 1. The van der Waals surface area contributed by atoms with Crippen LogP contribution in [0.2, 0.25) is 3.43 Å². The van der Waals surface area contributed by atoms with E-state index in [1.54, 1.807) is 0 Å². The average molecular weight is 312 g/mol. The Morgan fingerprint density at radius 2 is 2.07 bits per heavy atom. The summed E-state index contributed by atoms with van der Waals surface area (Å²) in [6.07, 6.45) is 3.02. The van der Waals surface area contributed by atoms with Crippen LogP contribution in [0, 0.1) is 0 Å². The molecule has 1 rings (SSSR count). The Kier molecular flexibility index (Phi) is 4.90. The molecule has 0 aromatic carbocycles. The summed E-state index contributed by atoms with van der Waals surface area (Å²) in [7, 11) is 0. The second kappa shape index (κ2) is 5.73. The molecule has 0 atom stereocenters. The summed E-state index contributed by atoms with van der Waals surface area (Å²) in [4.78, 5) is 4.32. The summed E-state index contributed by atoms with van der Waals surface area (Å²) in [6.45, 7) is 9.77. The van der Waals surface area contributed by atoms with Crippen molar-refractivity contribution in [1.82, 2.24) is 4.98 Å². The SMILES string of the molecule is CCCOc1cc[c]([Sn][C](C)(C)C)cn1. The number of aromatic nitrogens is 1. The van der Waals surface area contributed by atoms with Crippen LogP contribution >= 0.6 is 0 Å². The van der Waals surface area contributed by atoms with Crippen LogP contribution in [0.25, 0.3) is 0 Å². The fourth-order valence-electron chi connectivity index (χ4n) is 1.18. The summed E-state index contributed by atoms with van der Waals surface area (Å²) < 4.78 is 7.37. The van der Waals surface area contributed by atoms with Crippen molar-refractivity contribution in [2.45, 2.75) is 37.5 Å². The Morgan fingerprint density at radius 1 is 1.33 bits per heavy atom. The molecule has 0 spiro atoms. The second-order valence-corrected chi connectivity index (χ2v) is 11.3. The van der Waals surface area contributed by atoms with E-state index < -0.39 is 21.1 Å². The maximum atomic E-state index is 5.45. The van der Waals surface area contributed by atoms with Gasteiger partial charge in [-0.1, -0.05) is 0 Å². The van der Waals surface area contributed by atoms with Gasteiger partial charge in [0.1, 0.15) is 0 Å². The number of ether oxygens (including phenoxy) is 1. The Balaban J connectivity index is 2.56. The van der Waals surface area contributed by atoms with Gasteiger partial charge in [0.15, 0.2) is 0 Å².